The number of anilines is 1. The fourth-order valence-corrected chi connectivity index (χ4v) is 0.707. The first-order valence-electron chi connectivity index (χ1n) is 3.58. The second-order valence-electron chi connectivity index (χ2n) is 2.19. The van der Waals surface area contributed by atoms with E-state index in [1.165, 1.54) is 0 Å². The highest BCUT2D eigenvalue weighted by atomic mass is 15.1. The smallest absolute Gasteiger partial charge is 0.219 e. The largest absolute Gasteiger partial charge is 0.368 e. The fourth-order valence-electron chi connectivity index (χ4n) is 0.707. The van der Waals surface area contributed by atoms with Crippen molar-refractivity contribution < 1.29 is 0 Å². The van der Waals surface area contributed by atoms with E-state index in [4.69, 9.17) is 11.3 Å². The molecule has 0 saturated heterocycles. The second-order valence-corrected chi connectivity index (χ2v) is 2.19. The fraction of sp³-hybridized carbons (Fsp3) is 0.143. The molecule has 0 atom stereocenters. The Morgan fingerprint density at radius 2 is 2.23 bits per heavy atom. The number of nitrogen functional groups attached to an aromatic ring is 1. The summed E-state index contributed by atoms with van der Waals surface area (Å²) in [6.07, 6.45) is 6.66. The molecule has 66 valence electrons. The molecule has 1 aromatic heterocycles. The van der Waals surface area contributed by atoms with Gasteiger partial charge in [0.1, 0.15) is 0 Å². The van der Waals surface area contributed by atoms with Crippen molar-refractivity contribution in [1.29, 1.82) is 0 Å². The van der Waals surface area contributed by atoms with E-state index >= 15 is 0 Å². The summed E-state index contributed by atoms with van der Waals surface area (Å²) in [4.78, 5) is 10.2. The Morgan fingerprint density at radius 1 is 1.54 bits per heavy atom. The van der Waals surface area contributed by atoms with Gasteiger partial charge in [-0.1, -0.05) is 17.3 Å². The van der Waals surface area contributed by atoms with Crippen LogP contribution in [-0.4, -0.2) is 16.5 Å². The second kappa shape index (κ2) is 4.74. The molecular weight excluding hydrogens is 168 g/mol. The van der Waals surface area contributed by atoms with Gasteiger partial charge in [-0.25, -0.2) is 9.97 Å². The van der Waals surface area contributed by atoms with E-state index in [1.807, 2.05) is 0 Å². The number of hydrogen-bond acceptors (Lipinski definition) is 4. The number of azide groups is 1. The van der Waals surface area contributed by atoms with Gasteiger partial charge in [-0.05, 0) is 5.53 Å². The number of hydrogen-bond donors (Lipinski definition) is 1. The molecule has 0 saturated carbocycles. The van der Waals surface area contributed by atoms with Gasteiger partial charge < -0.3 is 5.73 Å². The van der Waals surface area contributed by atoms with Crippen LogP contribution in [0.4, 0.5) is 5.95 Å². The molecule has 0 spiro atoms. The third kappa shape index (κ3) is 3.22. The zero-order valence-corrected chi connectivity index (χ0v) is 6.83. The van der Waals surface area contributed by atoms with Crippen LogP contribution in [0.25, 0.3) is 16.5 Å². The van der Waals surface area contributed by atoms with Crippen molar-refractivity contribution in [2.24, 2.45) is 5.11 Å². The highest BCUT2D eigenvalue weighted by molar-refractivity contribution is 5.47. The molecule has 0 unspecified atom stereocenters. The lowest BCUT2D eigenvalue weighted by Crippen LogP contribution is -1.92. The van der Waals surface area contributed by atoms with Crippen molar-refractivity contribution in [1.82, 2.24) is 9.97 Å². The van der Waals surface area contributed by atoms with Crippen molar-refractivity contribution in [2.75, 3.05) is 12.3 Å². The van der Waals surface area contributed by atoms with E-state index in [1.54, 1.807) is 24.5 Å². The molecule has 6 heteroatoms. The lowest BCUT2D eigenvalue weighted by molar-refractivity contribution is 1.17. The first-order valence-corrected chi connectivity index (χ1v) is 3.58. The van der Waals surface area contributed by atoms with Gasteiger partial charge in [0.15, 0.2) is 0 Å². The van der Waals surface area contributed by atoms with Crippen LogP contribution >= 0.6 is 0 Å². The average molecular weight is 176 g/mol. The normalized spacial score (nSPS) is 9.85. The molecule has 0 bridgehead atoms. The standard InChI is InChI=1S/C7H8N6/c8-7-10-4-6(5-11-7)2-1-3-12-13-9/h1-2,4-5H,3H2,(H2,8,10,11). The van der Waals surface area contributed by atoms with Gasteiger partial charge in [-0.3, -0.25) is 0 Å². The first kappa shape index (κ1) is 9.02. The molecule has 0 aliphatic heterocycles. The van der Waals surface area contributed by atoms with E-state index in [9.17, 15) is 0 Å². The zero-order valence-electron chi connectivity index (χ0n) is 6.83. The van der Waals surface area contributed by atoms with E-state index in [0.717, 1.165) is 5.56 Å². The van der Waals surface area contributed by atoms with Crippen LogP contribution in [0.2, 0.25) is 0 Å². The van der Waals surface area contributed by atoms with Crippen molar-refractivity contribution in [2.45, 2.75) is 0 Å². The molecule has 0 aliphatic rings. The maximum atomic E-state index is 7.98. The molecule has 6 nitrogen and oxygen atoms in total. The Morgan fingerprint density at radius 3 is 2.85 bits per heavy atom. The van der Waals surface area contributed by atoms with Gasteiger partial charge in [-0.15, -0.1) is 0 Å². The minimum Gasteiger partial charge on any atom is -0.368 e. The summed E-state index contributed by atoms with van der Waals surface area (Å²) in [7, 11) is 0. The van der Waals surface area contributed by atoms with E-state index in [-0.39, 0.29) is 5.95 Å². The SMILES string of the molecule is [N-]=[N+]=NCC=Cc1cnc(N)nc1. The molecule has 13 heavy (non-hydrogen) atoms. The minimum absolute atomic E-state index is 0.243. The van der Waals surface area contributed by atoms with Crippen LogP contribution in [0.3, 0.4) is 0 Å². The maximum absolute atomic E-state index is 7.98. The lowest BCUT2D eigenvalue weighted by atomic mass is 10.3. The zero-order chi connectivity index (χ0) is 9.52. The van der Waals surface area contributed by atoms with Crippen molar-refractivity contribution in [3.8, 4) is 0 Å². The minimum atomic E-state index is 0.243. The van der Waals surface area contributed by atoms with Crippen molar-refractivity contribution in [3.05, 3.63) is 34.5 Å². The molecule has 1 aromatic rings. The van der Waals surface area contributed by atoms with Gasteiger partial charge in [0.05, 0.1) is 0 Å². The summed E-state index contributed by atoms with van der Waals surface area (Å²) in [5, 5.41) is 3.33. The first-order chi connectivity index (χ1) is 6.33. The molecule has 0 amide bonds. The van der Waals surface area contributed by atoms with Crippen LogP contribution in [0.5, 0.6) is 0 Å². The molecule has 1 heterocycles. The highest BCUT2D eigenvalue weighted by Gasteiger charge is 1.87. The van der Waals surface area contributed by atoms with Gasteiger partial charge in [0, 0.05) is 29.4 Å². The molecule has 0 fully saturated rings. The average Bonchev–Trinajstić information content (AvgIpc) is 2.15. The molecule has 1 rings (SSSR count). The molecular formula is C7H8N6. The number of nitrogens with two attached hydrogens (primary N) is 1. The Kier molecular flexibility index (Phi) is 3.29. The highest BCUT2D eigenvalue weighted by Crippen LogP contribution is 1.99. The van der Waals surface area contributed by atoms with Crippen molar-refractivity contribution >= 4 is 12.0 Å². The Balaban J connectivity index is 2.58. The summed E-state index contributed by atoms with van der Waals surface area (Å²) >= 11 is 0. The van der Waals surface area contributed by atoms with Crippen LogP contribution in [-0.2, 0) is 0 Å². The predicted molar refractivity (Wildman–Crippen MR) is 49.5 cm³/mol. The Labute approximate surface area is 74.7 Å². The number of rotatable bonds is 3. The van der Waals surface area contributed by atoms with E-state index < -0.39 is 0 Å². The summed E-state index contributed by atoms with van der Waals surface area (Å²) < 4.78 is 0. The Hall–Kier alpha value is -2.07. The van der Waals surface area contributed by atoms with Gasteiger partial charge in [0.2, 0.25) is 5.95 Å². The number of nitrogens with zero attached hydrogens (tertiary/aromatic N) is 5. The van der Waals surface area contributed by atoms with Crippen LogP contribution in [0.1, 0.15) is 5.56 Å². The predicted octanol–water partition coefficient (Wildman–Crippen LogP) is 1.38. The van der Waals surface area contributed by atoms with Gasteiger partial charge in [-0.2, -0.15) is 0 Å². The van der Waals surface area contributed by atoms with Crippen LogP contribution < -0.4 is 5.73 Å². The summed E-state index contributed by atoms with van der Waals surface area (Å²) in [5.41, 5.74) is 14.1. The maximum Gasteiger partial charge on any atom is 0.219 e. The summed E-state index contributed by atoms with van der Waals surface area (Å²) in [5.74, 6) is 0.243. The van der Waals surface area contributed by atoms with Gasteiger partial charge >= 0.3 is 0 Å². The van der Waals surface area contributed by atoms with E-state index in [2.05, 4.69) is 20.0 Å². The number of aromatic nitrogens is 2. The lowest BCUT2D eigenvalue weighted by Gasteiger charge is -1.91. The summed E-state index contributed by atoms with van der Waals surface area (Å²) in [6, 6.07) is 0. The quantitative estimate of drug-likeness (QED) is 0.427. The monoisotopic (exact) mass is 176 g/mol. The van der Waals surface area contributed by atoms with Crippen molar-refractivity contribution in [3.63, 3.8) is 0 Å². The third-order valence-corrected chi connectivity index (χ3v) is 1.25. The molecule has 2 N–H and O–H groups in total. The van der Waals surface area contributed by atoms with E-state index in [0.29, 0.717) is 6.54 Å². The molecule has 0 aromatic carbocycles. The molecule has 0 radical (unpaired) electrons. The van der Waals surface area contributed by atoms with Crippen LogP contribution in [0.15, 0.2) is 23.6 Å². The topological polar surface area (TPSA) is 101 Å². The summed E-state index contributed by atoms with van der Waals surface area (Å²) in [6.45, 7) is 0.320. The molecule has 0 aliphatic carbocycles. The van der Waals surface area contributed by atoms with Crippen LogP contribution in [0, 0.1) is 0 Å². The van der Waals surface area contributed by atoms with Gasteiger partial charge in [0.25, 0.3) is 0 Å². The Bertz CT molecular complexity index is 335. The third-order valence-electron chi connectivity index (χ3n) is 1.25.